The number of aromatic amines is 1. The minimum atomic E-state index is -5.08. The van der Waals surface area contributed by atoms with Gasteiger partial charge in [0.05, 0.1) is 11.9 Å². The van der Waals surface area contributed by atoms with Gasteiger partial charge in [-0.15, -0.1) is 0 Å². The molecule has 1 aliphatic heterocycles. The fraction of sp³-hybridized carbons (Fsp3) is 0.379. The number of benzene rings is 2. The Bertz CT molecular complexity index is 1360. The average Bonchev–Trinajstić information content (AvgIpc) is 3.72. The fourth-order valence-electron chi connectivity index (χ4n) is 3.95. The molecule has 17 heteroatoms. The summed E-state index contributed by atoms with van der Waals surface area (Å²) in [5, 5.41) is 24.2. The molecule has 4 rings (SSSR count). The van der Waals surface area contributed by atoms with E-state index in [9.17, 15) is 31.1 Å². The Morgan fingerprint density at radius 3 is 2.04 bits per heavy atom. The van der Waals surface area contributed by atoms with E-state index in [1.807, 2.05) is 61.7 Å². The van der Waals surface area contributed by atoms with E-state index in [0.29, 0.717) is 31.1 Å². The minimum Gasteiger partial charge on any atom is -0.490 e. The molecule has 252 valence electrons. The van der Waals surface area contributed by atoms with Crippen LogP contribution < -0.4 is 10.1 Å². The summed E-state index contributed by atoms with van der Waals surface area (Å²) >= 11 is 0. The Morgan fingerprint density at radius 1 is 0.957 bits per heavy atom. The molecule has 0 unspecified atom stereocenters. The number of alkyl halides is 6. The zero-order valence-corrected chi connectivity index (χ0v) is 24.6. The molecule has 1 fully saturated rings. The van der Waals surface area contributed by atoms with Gasteiger partial charge < -0.3 is 25.2 Å². The largest absolute Gasteiger partial charge is 0.490 e. The van der Waals surface area contributed by atoms with Crippen molar-refractivity contribution < 1.29 is 55.7 Å². The van der Waals surface area contributed by atoms with Crippen molar-refractivity contribution in [1.82, 2.24) is 20.0 Å². The first kappa shape index (κ1) is 37.4. The molecule has 1 saturated heterocycles. The van der Waals surface area contributed by atoms with E-state index in [2.05, 4.69) is 20.4 Å². The molecule has 2 aromatic carbocycles. The van der Waals surface area contributed by atoms with Crippen molar-refractivity contribution >= 4 is 23.7 Å². The number of halogens is 6. The van der Waals surface area contributed by atoms with Gasteiger partial charge in [0.25, 0.3) is 0 Å². The van der Waals surface area contributed by atoms with Crippen molar-refractivity contribution in [2.75, 3.05) is 38.1 Å². The van der Waals surface area contributed by atoms with Gasteiger partial charge in [-0.05, 0) is 56.1 Å². The number of urea groups is 1. The van der Waals surface area contributed by atoms with Crippen molar-refractivity contribution in [3.8, 4) is 16.9 Å². The molecule has 1 aromatic heterocycles. The Kier molecular flexibility index (Phi) is 14.3. The first-order valence-corrected chi connectivity index (χ1v) is 13.8. The number of carboxylic acid groups (broad SMARTS) is 2. The van der Waals surface area contributed by atoms with E-state index in [1.54, 1.807) is 11.1 Å². The normalized spacial score (nSPS) is 13.0. The van der Waals surface area contributed by atoms with Gasteiger partial charge in [0.2, 0.25) is 0 Å². The summed E-state index contributed by atoms with van der Waals surface area (Å²) in [4.78, 5) is 35.0. The van der Waals surface area contributed by atoms with Crippen LogP contribution in [-0.4, -0.2) is 93.3 Å². The number of ether oxygens (including phenoxy) is 1. The number of aliphatic carboxylic acids is 2. The number of aromatic nitrogens is 2. The Balaban J connectivity index is 0.000000440. The topological polar surface area (TPSA) is 148 Å². The lowest BCUT2D eigenvalue weighted by molar-refractivity contribution is -0.193. The van der Waals surface area contributed by atoms with Crippen molar-refractivity contribution in [1.29, 1.82) is 0 Å². The third kappa shape index (κ3) is 13.1. The van der Waals surface area contributed by atoms with Gasteiger partial charge in [-0.2, -0.15) is 31.4 Å². The Hall–Kier alpha value is -4.80. The van der Waals surface area contributed by atoms with Crippen LogP contribution in [0.1, 0.15) is 25.3 Å². The summed E-state index contributed by atoms with van der Waals surface area (Å²) in [6.45, 7) is 6.88. The van der Waals surface area contributed by atoms with Crippen molar-refractivity contribution in [3.63, 3.8) is 0 Å². The van der Waals surface area contributed by atoms with Gasteiger partial charge >= 0.3 is 30.3 Å². The fourth-order valence-corrected chi connectivity index (χ4v) is 3.95. The third-order valence-corrected chi connectivity index (χ3v) is 6.29. The molecular weight excluding hydrogens is 628 g/mol. The van der Waals surface area contributed by atoms with Crippen LogP contribution in [0.15, 0.2) is 60.9 Å². The molecule has 3 aromatic rings. The van der Waals surface area contributed by atoms with Crippen molar-refractivity contribution in [2.45, 2.75) is 38.7 Å². The predicted molar refractivity (Wildman–Crippen MR) is 154 cm³/mol. The highest BCUT2D eigenvalue weighted by molar-refractivity contribution is 5.91. The molecule has 46 heavy (non-hydrogen) atoms. The van der Waals surface area contributed by atoms with Crippen LogP contribution in [0.3, 0.4) is 0 Å². The van der Waals surface area contributed by atoms with Crippen LogP contribution in [-0.2, 0) is 16.1 Å². The molecule has 2 amide bonds. The number of carbonyl (C=O) groups is 3. The molecule has 4 N–H and O–H groups in total. The van der Waals surface area contributed by atoms with Crippen LogP contribution in [0.5, 0.6) is 5.75 Å². The molecule has 0 spiro atoms. The summed E-state index contributed by atoms with van der Waals surface area (Å²) in [5.41, 5.74) is 3.74. The third-order valence-electron chi connectivity index (χ3n) is 6.29. The first-order valence-electron chi connectivity index (χ1n) is 13.8. The lowest BCUT2D eigenvalue weighted by Gasteiger charge is -2.23. The Morgan fingerprint density at radius 2 is 1.54 bits per heavy atom. The number of rotatable bonds is 9. The number of amides is 2. The number of nitrogens with zero attached hydrogens (tertiary/aromatic N) is 3. The number of H-pyrrole nitrogens is 1. The molecule has 0 saturated carbocycles. The highest BCUT2D eigenvalue weighted by Crippen LogP contribution is 2.31. The summed E-state index contributed by atoms with van der Waals surface area (Å²) < 4.78 is 69.6. The number of carbonyl (C=O) groups excluding carboxylic acids is 1. The van der Waals surface area contributed by atoms with E-state index in [-0.39, 0.29) is 6.03 Å². The molecule has 2 heterocycles. The van der Waals surface area contributed by atoms with Crippen LogP contribution in [0.4, 0.5) is 36.8 Å². The zero-order valence-electron chi connectivity index (χ0n) is 24.6. The highest BCUT2D eigenvalue weighted by atomic mass is 19.4. The van der Waals surface area contributed by atoms with Crippen LogP contribution in [0.2, 0.25) is 0 Å². The maximum atomic E-state index is 13.0. The molecule has 1 aliphatic rings. The van der Waals surface area contributed by atoms with E-state index < -0.39 is 24.3 Å². The van der Waals surface area contributed by atoms with Crippen LogP contribution >= 0.6 is 0 Å². The smallest absolute Gasteiger partial charge is 0.490 e. The minimum absolute atomic E-state index is 0.142. The summed E-state index contributed by atoms with van der Waals surface area (Å²) in [6.07, 6.45) is -4.03. The lowest BCUT2D eigenvalue weighted by Crippen LogP contribution is -2.34. The lowest BCUT2D eigenvalue weighted by atomic mass is 10.1. The second kappa shape index (κ2) is 17.6. The second-order valence-electron chi connectivity index (χ2n) is 9.63. The monoisotopic (exact) mass is 661 g/mol. The van der Waals surface area contributed by atoms with Gasteiger partial charge in [-0.25, -0.2) is 14.4 Å². The number of hydrogen-bond acceptors (Lipinski definition) is 6. The zero-order chi connectivity index (χ0) is 34.3. The van der Waals surface area contributed by atoms with Crippen LogP contribution in [0, 0.1) is 0 Å². The predicted octanol–water partition coefficient (Wildman–Crippen LogP) is 5.87. The van der Waals surface area contributed by atoms with Gasteiger partial charge in [0.15, 0.2) is 0 Å². The van der Waals surface area contributed by atoms with Gasteiger partial charge in [0.1, 0.15) is 12.4 Å². The number of hydrogen-bond donors (Lipinski definition) is 4. The maximum Gasteiger partial charge on any atom is 0.490 e. The van der Waals surface area contributed by atoms with Crippen LogP contribution in [0.25, 0.3) is 11.1 Å². The summed E-state index contributed by atoms with van der Waals surface area (Å²) in [5.74, 6) is -4.84. The van der Waals surface area contributed by atoms with E-state index in [0.717, 1.165) is 36.3 Å². The second-order valence-corrected chi connectivity index (χ2v) is 9.63. The van der Waals surface area contributed by atoms with Gasteiger partial charge in [-0.1, -0.05) is 36.4 Å². The SMILES string of the molecule is CCN(Cc1ccccc1)C(=O)Nc1ccc(-c2cn[nH]c2)cc1OCCN1CCCC1.O=C(O)C(F)(F)F.O=C(O)C(F)(F)F. The molecule has 0 aliphatic carbocycles. The molecule has 0 radical (unpaired) electrons. The molecule has 0 atom stereocenters. The van der Waals surface area contributed by atoms with Gasteiger partial charge in [-0.3, -0.25) is 10.00 Å². The summed E-state index contributed by atoms with van der Waals surface area (Å²) in [7, 11) is 0. The molecule has 11 nitrogen and oxygen atoms in total. The summed E-state index contributed by atoms with van der Waals surface area (Å²) in [6, 6.07) is 15.7. The molecular formula is C29H33F6N5O6. The van der Waals surface area contributed by atoms with Crippen molar-refractivity contribution in [3.05, 3.63) is 66.5 Å². The number of anilines is 1. The molecule has 0 bridgehead atoms. The number of likely N-dealkylation sites (tertiary alicyclic amines) is 1. The Labute approximate surface area is 259 Å². The number of nitrogens with one attached hydrogen (secondary N) is 2. The van der Waals surface area contributed by atoms with E-state index >= 15 is 0 Å². The van der Waals surface area contributed by atoms with Crippen molar-refractivity contribution in [2.24, 2.45) is 0 Å². The van der Waals surface area contributed by atoms with E-state index in [1.165, 1.54) is 12.8 Å². The van der Waals surface area contributed by atoms with E-state index in [4.69, 9.17) is 24.5 Å². The van der Waals surface area contributed by atoms with Gasteiger partial charge in [0, 0.05) is 31.4 Å². The standard InChI is InChI=1S/C25H31N5O2.2C2HF3O2/c1-2-30(19-20-8-4-3-5-9-20)25(31)28-23-11-10-21(22-17-26-27-18-22)16-24(23)32-15-14-29-12-6-7-13-29;2*3-2(4,5)1(6)7/h3-5,8-11,16-18H,2,6-7,12-15,19H2,1H3,(H,26,27)(H,28,31);2*(H,6,7). The highest BCUT2D eigenvalue weighted by Gasteiger charge is 2.38. The number of carboxylic acids is 2. The first-order chi connectivity index (χ1) is 21.6. The maximum absolute atomic E-state index is 13.0. The quantitative estimate of drug-likeness (QED) is 0.208. The average molecular weight is 662 g/mol.